The summed E-state index contributed by atoms with van der Waals surface area (Å²) in [5, 5.41) is 0. The molecule has 0 N–H and O–H groups in total. The Morgan fingerprint density at radius 3 is 1.56 bits per heavy atom. The fraction of sp³-hybridized carbons (Fsp3) is 0. The molecule has 0 aliphatic carbocycles. The topological polar surface area (TPSA) is 32.3 Å². The first-order valence-corrected chi connectivity index (χ1v) is 9.43. The van der Waals surface area contributed by atoms with Gasteiger partial charge in [0.25, 0.3) is 0 Å². The summed E-state index contributed by atoms with van der Waals surface area (Å²) in [6.07, 6.45) is 3.47. The van der Waals surface area contributed by atoms with Crippen LogP contribution in [0.4, 0.5) is 11.6 Å². The summed E-state index contributed by atoms with van der Waals surface area (Å²) in [4.78, 5) is 8.54. The lowest BCUT2D eigenvalue weighted by Crippen LogP contribution is -2.33. The van der Waals surface area contributed by atoms with Crippen LogP contribution < -0.4 is 8.88 Å². The zero-order valence-electron chi connectivity index (χ0n) is 9.06. The van der Waals surface area contributed by atoms with Crippen molar-refractivity contribution in [3.8, 4) is 0 Å². The van der Waals surface area contributed by atoms with Gasteiger partial charge in [-0.2, -0.15) is 0 Å². The third-order valence-electron chi connectivity index (χ3n) is 2.33. The van der Waals surface area contributed by atoms with Gasteiger partial charge < -0.3 is 0 Å². The maximum atomic E-state index is 6.41. The molecule has 0 radical (unpaired) electrons. The summed E-state index contributed by atoms with van der Waals surface area (Å²) in [5.41, 5.74) is 0. The van der Waals surface area contributed by atoms with Crippen LogP contribution in [0.5, 0.6) is 0 Å². The van der Waals surface area contributed by atoms with E-state index in [1.807, 2.05) is 45.3 Å². The lowest BCUT2D eigenvalue weighted by atomic mass is 10.5. The minimum absolute atomic E-state index is 0.812. The second-order valence-corrected chi connectivity index (χ2v) is 8.44. The number of aromatic nitrogens is 2. The minimum Gasteiger partial charge on any atom is -0.252 e. The van der Waals surface area contributed by atoms with Crippen molar-refractivity contribution >= 4 is 49.3 Å². The van der Waals surface area contributed by atoms with E-state index in [1.165, 1.54) is 0 Å². The number of pyridine rings is 2. The third-order valence-corrected chi connectivity index (χ3v) is 9.52. The van der Waals surface area contributed by atoms with Gasteiger partial charge in [-0.05, 0) is 46.7 Å². The third kappa shape index (κ3) is 2.04. The summed E-state index contributed by atoms with van der Waals surface area (Å²) in [6.45, 7) is 0. The highest BCUT2D eigenvalue weighted by Gasteiger charge is 2.48. The molecule has 3 rings (SSSR count). The summed E-state index contributed by atoms with van der Waals surface area (Å²) >= 11 is 12.8. The molecule has 0 unspecified atom stereocenters. The van der Waals surface area contributed by atoms with Crippen LogP contribution in [0.1, 0.15) is 0 Å². The van der Waals surface area contributed by atoms with E-state index >= 15 is 0 Å². The van der Waals surface area contributed by atoms with Gasteiger partial charge >= 0.3 is 0 Å². The van der Waals surface area contributed by atoms with Gasteiger partial charge in [0.1, 0.15) is 11.6 Å². The van der Waals surface area contributed by atoms with Crippen molar-refractivity contribution in [3.05, 3.63) is 48.8 Å². The van der Waals surface area contributed by atoms with Gasteiger partial charge in [0, 0.05) is 12.4 Å². The average Bonchev–Trinajstić information content (AvgIpc) is 2.41. The Bertz CT molecular complexity index is 472. The predicted octanol–water partition coefficient (Wildman–Crippen LogP) is 4.73. The van der Waals surface area contributed by atoms with E-state index in [1.54, 1.807) is 12.4 Å². The van der Waals surface area contributed by atoms with Crippen molar-refractivity contribution in [1.82, 2.24) is 9.97 Å². The van der Waals surface area contributed by atoms with Crippen LogP contribution in [0.3, 0.4) is 0 Å². The smallest absolute Gasteiger partial charge is 0.211 e. The summed E-state index contributed by atoms with van der Waals surface area (Å²) < 4.78 is 3.89. The molecule has 4 nitrogen and oxygen atoms in total. The molecule has 3 heterocycles. The van der Waals surface area contributed by atoms with Gasteiger partial charge in [0.05, 0.1) is 0 Å². The first-order chi connectivity index (χ1) is 8.79. The predicted molar refractivity (Wildman–Crippen MR) is 79.0 cm³/mol. The van der Waals surface area contributed by atoms with Gasteiger partial charge in [0.15, 0.2) is 0 Å². The molecule has 1 saturated heterocycles. The summed E-state index contributed by atoms with van der Waals surface area (Å²) in [7, 11) is -2.05. The van der Waals surface area contributed by atoms with Gasteiger partial charge in [-0.3, -0.25) is 8.88 Å². The Hall–Kier alpha value is -0.660. The van der Waals surface area contributed by atoms with E-state index in [0.29, 0.717) is 0 Å². The van der Waals surface area contributed by atoms with E-state index < -0.39 is 15.2 Å². The minimum atomic E-state index is -1.03. The summed E-state index contributed by atoms with van der Waals surface area (Å²) in [5.74, 6) is 1.62. The second kappa shape index (κ2) is 5.14. The van der Waals surface area contributed by atoms with Crippen molar-refractivity contribution in [2.24, 2.45) is 0 Å². The van der Waals surface area contributed by atoms with Crippen molar-refractivity contribution < 1.29 is 0 Å². The molecular weight excluding hydrogens is 309 g/mol. The lowest BCUT2D eigenvalue weighted by molar-refractivity contribution is 1.24. The van der Waals surface area contributed by atoms with E-state index in [-0.39, 0.29) is 0 Å². The Labute approximate surface area is 117 Å². The number of anilines is 2. The van der Waals surface area contributed by atoms with Gasteiger partial charge in [-0.15, -0.1) is 0 Å². The van der Waals surface area contributed by atoms with Gasteiger partial charge in [0.2, 0.25) is 15.2 Å². The molecule has 8 heteroatoms. The maximum Gasteiger partial charge on any atom is 0.211 e. The van der Waals surface area contributed by atoms with Crippen LogP contribution in [0.2, 0.25) is 0 Å². The van der Waals surface area contributed by atoms with E-state index in [2.05, 4.69) is 9.97 Å². The molecule has 0 spiro atoms. The van der Waals surface area contributed by atoms with Crippen molar-refractivity contribution in [2.75, 3.05) is 8.88 Å². The Morgan fingerprint density at radius 2 is 1.22 bits per heavy atom. The Balaban J connectivity index is 1.84. The first kappa shape index (κ1) is 12.4. The maximum absolute atomic E-state index is 6.41. The fourth-order valence-corrected chi connectivity index (χ4v) is 8.28. The molecule has 92 valence electrons. The summed E-state index contributed by atoms with van der Waals surface area (Å²) in [6, 6.07) is 11.4. The van der Waals surface area contributed by atoms with Crippen molar-refractivity contribution in [3.63, 3.8) is 0 Å². The van der Waals surface area contributed by atoms with Gasteiger partial charge in [-0.25, -0.2) is 9.97 Å². The van der Waals surface area contributed by atoms with Crippen LogP contribution >= 0.6 is 37.6 Å². The molecule has 0 aromatic carbocycles. The van der Waals surface area contributed by atoms with E-state index in [4.69, 9.17) is 22.5 Å². The number of rotatable bonds is 2. The second-order valence-electron chi connectivity index (χ2n) is 3.44. The quantitative estimate of drug-likeness (QED) is 0.749. The number of halogens is 2. The van der Waals surface area contributed by atoms with Crippen LogP contribution in [0, 0.1) is 0 Å². The lowest BCUT2D eigenvalue weighted by Gasteiger charge is -2.50. The number of hydrogen-bond donors (Lipinski definition) is 0. The Kier molecular flexibility index (Phi) is 3.54. The molecule has 1 aliphatic heterocycles. The molecular formula is C10H8Cl2N4P2. The fourth-order valence-electron chi connectivity index (χ4n) is 1.53. The van der Waals surface area contributed by atoms with Crippen molar-refractivity contribution in [2.45, 2.75) is 0 Å². The molecule has 1 fully saturated rings. The zero-order valence-corrected chi connectivity index (χ0v) is 12.4. The number of nitrogens with zero attached hydrogens (tertiary/aromatic N) is 4. The highest BCUT2D eigenvalue weighted by molar-refractivity contribution is 8.15. The largest absolute Gasteiger partial charge is 0.252 e. The normalized spacial score (nSPS) is 22.8. The molecule has 0 amide bonds. The molecule has 2 aromatic heterocycles. The van der Waals surface area contributed by atoms with Crippen LogP contribution in [-0.2, 0) is 0 Å². The number of hydrogen-bond acceptors (Lipinski definition) is 4. The van der Waals surface area contributed by atoms with Crippen LogP contribution in [0.15, 0.2) is 48.8 Å². The standard InChI is InChI=1S/C10H8Cl2N4P2/c11-17-15(9-5-1-3-7-13-9)18(12)16(17)10-6-2-4-8-14-10/h1-8H. The molecule has 18 heavy (non-hydrogen) atoms. The Morgan fingerprint density at radius 1 is 0.778 bits per heavy atom. The SMILES string of the molecule is ClP1N(c2ccccn2)P(Cl)N1c1ccccn1. The van der Waals surface area contributed by atoms with Gasteiger partial charge in [-0.1, -0.05) is 12.1 Å². The van der Waals surface area contributed by atoms with Crippen molar-refractivity contribution in [1.29, 1.82) is 0 Å². The molecule has 0 bridgehead atoms. The average molecular weight is 317 g/mol. The van der Waals surface area contributed by atoms with E-state index in [0.717, 1.165) is 11.6 Å². The monoisotopic (exact) mass is 316 g/mol. The zero-order chi connectivity index (χ0) is 12.5. The molecule has 0 saturated carbocycles. The van der Waals surface area contributed by atoms with E-state index in [9.17, 15) is 0 Å². The highest BCUT2D eigenvalue weighted by Crippen LogP contribution is 2.82. The molecule has 0 atom stereocenters. The molecule has 2 aromatic rings. The van der Waals surface area contributed by atoms with Crippen LogP contribution in [0.25, 0.3) is 0 Å². The first-order valence-electron chi connectivity index (χ1n) is 5.13. The highest BCUT2D eigenvalue weighted by atomic mass is 35.7. The van der Waals surface area contributed by atoms with Crippen LogP contribution in [-0.4, -0.2) is 9.97 Å². The molecule has 1 aliphatic rings.